The molecule has 1 aromatic carbocycles. The average molecular weight is 478 g/mol. The topological polar surface area (TPSA) is 201 Å². The number of nitrogens with two attached hydrogens (primary N) is 2. The molecule has 1 amide bonds. The Bertz CT molecular complexity index is 1060. The van der Waals surface area contributed by atoms with E-state index in [2.05, 4.69) is 15.3 Å². The van der Waals surface area contributed by atoms with E-state index < -0.39 is 23.9 Å². The van der Waals surface area contributed by atoms with E-state index >= 15 is 0 Å². The predicted octanol–water partition coefficient (Wildman–Crippen LogP) is 1.41. The summed E-state index contributed by atoms with van der Waals surface area (Å²) in [7, 11) is 0. The number of anilines is 2. The van der Waals surface area contributed by atoms with Gasteiger partial charge in [-0.25, -0.2) is 4.79 Å². The summed E-state index contributed by atoms with van der Waals surface area (Å²) < 4.78 is 0. The number of carboxylic acid groups (broad SMARTS) is 2. The second-order valence-corrected chi connectivity index (χ2v) is 8.39. The summed E-state index contributed by atoms with van der Waals surface area (Å²) in [5.74, 6) is -2.92. The summed E-state index contributed by atoms with van der Waals surface area (Å²) in [5, 5.41) is 20.4. The number of carboxylic acids is 2. The lowest BCUT2D eigenvalue weighted by atomic mass is 10.0. The van der Waals surface area contributed by atoms with Crippen molar-refractivity contribution < 1.29 is 24.6 Å². The molecule has 1 aromatic heterocycles. The maximum Gasteiger partial charge on any atom is 0.326 e. The van der Waals surface area contributed by atoms with Crippen LogP contribution in [0.3, 0.4) is 0 Å². The third kappa shape index (κ3) is 7.52. The van der Waals surface area contributed by atoms with Gasteiger partial charge in [0.05, 0.1) is 5.56 Å². The summed E-state index contributed by atoms with van der Waals surface area (Å²) >= 11 is 1.62. The van der Waals surface area contributed by atoms with Crippen LogP contribution < -0.4 is 22.3 Å². The number of nitrogens with zero attached hydrogens (tertiary/aromatic N) is 1. The van der Waals surface area contributed by atoms with Crippen LogP contribution in [0.2, 0.25) is 0 Å². The maximum atomic E-state index is 12.4. The van der Waals surface area contributed by atoms with Crippen molar-refractivity contribution in [2.45, 2.75) is 43.4 Å². The zero-order valence-electron chi connectivity index (χ0n) is 18.0. The number of aromatic nitrogens is 2. The van der Waals surface area contributed by atoms with Crippen molar-refractivity contribution in [3.63, 3.8) is 0 Å². The molecule has 12 heteroatoms. The van der Waals surface area contributed by atoms with E-state index in [9.17, 15) is 24.3 Å². The number of hydrogen-bond donors (Lipinski definition) is 6. The second-order valence-electron chi connectivity index (χ2n) is 7.35. The molecule has 2 rings (SSSR count). The molecule has 0 fully saturated rings. The van der Waals surface area contributed by atoms with Gasteiger partial charge in [-0.2, -0.15) is 16.7 Å². The zero-order chi connectivity index (χ0) is 24.5. The summed E-state index contributed by atoms with van der Waals surface area (Å²) in [4.78, 5) is 52.7. The van der Waals surface area contributed by atoms with Gasteiger partial charge in [0, 0.05) is 17.2 Å². The SMILES string of the molecule is CS[C@H](CCCc1c(N)nc(N)[nH]c1=O)c1ccc(C(=O)N[C@@H](CCC(=O)O)C(=O)O)cc1. The molecule has 2 aromatic rings. The molecule has 1 heterocycles. The van der Waals surface area contributed by atoms with Gasteiger partial charge in [0.1, 0.15) is 11.9 Å². The number of carbonyl (C=O) groups is 3. The molecule has 11 nitrogen and oxygen atoms in total. The number of H-pyrrole nitrogens is 1. The van der Waals surface area contributed by atoms with Crippen molar-refractivity contribution in [1.82, 2.24) is 15.3 Å². The van der Waals surface area contributed by atoms with Gasteiger partial charge in [-0.05, 0) is 49.6 Å². The highest BCUT2D eigenvalue weighted by Gasteiger charge is 2.22. The van der Waals surface area contributed by atoms with Gasteiger partial charge in [-0.15, -0.1) is 0 Å². The second kappa shape index (κ2) is 11.9. The Hall–Kier alpha value is -3.54. The minimum Gasteiger partial charge on any atom is -0.481 e. The molecule has 0 aliphatic heterocycles. The van der Waals surface area contributed by atoms with Crippen LogP contribution in [0.1, 0.15) is 52.4 Å². The Morgan fingerprint density at radius 2 is 1.82 bits per heavy atom. The average Bonchev–Trinajstić information content (AvgIpc) is 2.75. The van der Waals surface area contributed by atoms with Gasteiger partial charge >= 0.3 is 11.9 Å². The number of benzene rings is 1. The molecule has 0 saturated heterocycles. The monoisotopic (exact) mass is 477 g/mol. The molecule has 0 aliphatic carbocycles. The summed E-state index contributed by atoms with van der Waals surface area (Å²) in [6.45, 7) is 0. The third-order valence-corrected chi connectivity index (χ3v) is 6.12. The maximum absolute atomic E-state index is 12.4. The van der Waals surface area contributed by atoms with Crippen molar-refractivity contribution >= 4 is 41.4 Å². The standard InChI is InChI=1S/C21H27N5O6S/c1-33-15(4-2-3-13-17(22)25-21(23)26-19(13)30)11-5-7-12(8-6-11)18(29)24-14(20(31)32)9-10-16(27)28/h5-8,14-15H,2-4,9-10H2,1H3,(H,24,29)(H,27,28)(H,31,32)(H5,22,23,25,26,30)/t14-,15+/m0/s1. The first-order valence-electron chi connectivity index (χ1n) is 10.1. The van der Waals surface area contributed by atoms with Gasteiger partial charge in [-0.3, -0.25) is 19.4 Å². The fraction of sp³-hybridized carbons (Fsp3) is 0.381. The fourth-order valence-electron chi connectivity index (χ4n) is 3.28. The molecule has 0 aliphatic rings. The number of aliphatic carboxylic acids is 2. The van der Waals surface area contributed by atoms with Gasteiger partial charge in [0.2, 0.25) is 5.95 Å². The van der Waals surface area contributed by atoms with Gasteiger partial charge in [-0.1, -0.05) is 12.1 Å². The minimum absolute atomic E-state index is 0.0241. The molecule has 0 spiro atoms. The van der Waals surface area contributed by atoms with E-state index in [1.165, 1.54) is 0 Å². The van der Waals surface area contributed by atoms with Crippen molar-refractivity contribution in [2.24, 2.45) is 0 Å². The van der Waals surface area contributed by atoms with Crippen LogP contribution in [0.25, 0.3) is 0 Å². The van der Waals surface area contributed by atoms with E-state index in [0.29, 0.717) is 18.4 Å². The van der Waals surface area contributed by atoms with E-state index in [1.807, 2.05) is 6.26 Å². The van der Waals surface area contributed by atoms with Gasteiger partial charge in [0.15, 0.2) is 0 Å². The normalized spacial score (nSPS) is 12.6. The fourth-order valence-corrected chi connectivity index (χ4v) is 4.11. The summed E-state index contributed by atoms with van der Waals surface area (Å²) in [6.07, 6.45) is 3.24. The Morgan fingerprint density at radius 1 is 1.15 bits per heavy atom. The molecular formula is C21H27N5O6S. The van der Waals surface area contributed by atoms with Crippen LogP contribution in [-0.2, 0) is 16.0 Å². The molecule has 2 atom stereocenters. The number of amides is 1. The highest BCUT2D eigenvalue weighted by Crippen LogP contribution is 2.32. The molecule has 178 valence electrons. The predicted molar refractivity (Wildman–Crippen MR) is 125 cm³/mol. The lowest BCUT2D eigenvalue weighted by Gasteiger charge is -2.16. The zero-order valence-corrected chi connectivity index (χ0v) is 18.9. The number of thioether (sulfide) groups is 1. The van der Waals surface area contributed by atoms with Crippen LogP contribution in [0.15, 0.2) is 29.1 Å². The minimum atomic E-state index is -1.29. The third-order valence-electron chi connectivity index (χ3n) is 5.04. The Balaban J connectivity index is 1.99. The molecule has 0 saturated carbocycles. The number of aromatic amines is 1. The first-order valence-corrected chi connectivity index (χ1v) is 11.4. The quantitative estimate of drug-likeness (QED) is 0.259. The lowest BCUT2D eigenvalue weighted by molar-refractivity contribution is -0.140. The molecule has 8 N–H and O–H groups in total. The molecule has 0 unspecified atom stereocenters. The van der Waals surface area contributed by atoms with E-state index in [-0.39, 0.29) is 41.0 Å². The Labute approximate surface area is 194 Å². The Kier molecular flexibility index (Phi) is 9.28. The van der Waals surface area contributed by atoms with Crippen molar-refractivity contribution in [2.75, 3.05) is 17.7 Å². The number of carbonyl (C=O) groups excluding carboxylic acids is 1. The molecule has 0 bridgehead atoms. The van der Waals surface area contributed by atoms with Crippen LogP contribution in [0.4, 0.5) is 11.8 Å². The van der Waals surface area contributed by atoms with Gasteiger partial charge in [0.25, 0.3) is 11.5 Å². The Morgan fingerprint density at radius 3 is 2.36 bits per heavy atom. The summed E-state index contributed by atoms with van der Waals surface area (Å²) in [6, 6.07) is 5.47. The van der Waals surface area contributed by atoms with Crippen LogP contribution in [0.5, 0.6) is 0 Å². The van der Waals surface area contributed by atoms with Gasteiger partial charge < -0.3 is 27.0 Å². The first kappa shape index (κ1) is 25.7. The van der Waals surface area contributed by atoms with Crippen LogP contribution in [-0.4, -0.2) is 50.3 Å². The number of rotatable bonds is 12. The lowest BCUT2D eigenvalue weighted by Crippen LogP contribution is -2.41. The highest BCUT2D eigenvalue weighted by molar-refractivity contribution is 7.98. The van der Waals surface area contributed by atoms with E-state index in [4.69, 9.17) is 16.6 Å². The van der Waals surface area contributed by atoms with Crippen molar-refractivity contribution in [3.8, 4) is 0 Å². The number of nitrogens with one attached hydrogen (secondary N) is 2. The van der Waals surface area contributed by atoms with E-state index in [0.717, 1.165) is 12.0 Å². The molecule has 0 radical (unpaired) electrons. The molecule has 33 heavy (non-hydrogen) atoms. The van der Waals surface area contributed by atoms with Crippen molar-refractivity contribution in [3.05, 3.63) is 51.3 Å². The van der Waals surface area contributed by atoms with Crippen LogP contribution >= 0.6 is 11.8 Å². The van der Waals surface area contributed by atoms with E-state index in [1.54, 1.807) is 36.0 Å². The van der Waals surface area contributed by atoms with Crippen molar-refractivity contribution in [1.29, 1.82) is 0 Å². The largest absolute Gasteiger partial charge is 0.481 e. The first-order chi connectivity index (χ1) is 15.6. The highest BCUT2D eigenvalue weighted by atomic mass is 32.2. The smallest absolute Gasteiger partial charge is 0.326 e. The van der Waals surface area contributed by atoms with Crippen LogP contribution in [0, 0.1) is 0 Å². The molecular weight excluding hydrogens is 450 g/mol. The number of hydrogen-bond acceptors (Lipinski definition) is 8. The summed E-state index contributed by atoms with van der Waals surface area (Å²) in [5.41, 5.74) is 12.6. The number of nitrogen functional groups attached to an aromatic ring is 2.